The highest BCUT2D eigenvalue weighted by molar-refractivity contribution is 5.76. The lowest BCUT2D eigenvalue weighted by Crippen LogP contribution is -2.33. The SMILES string of the molecule is CCC(N)CC(=O)NCCn1cccn1. The van der Waals surface area contributed by atoms with Gasteiger partial charge in [0.15, 0.2) is 0 Å². The average Bonchev–Trinajstić information content (AvgIpc) is 2.70. The van der Waals surface area contributed by atoms with Crippen molar-refractivity contribution in [1.29, 1.82) is 0 Å². The topological polar surface area (TPSA) is 72.9 Å². The Morgan fingerprint density at radius 3 is 3.07 bits per heavy atom. The highest BCUT2D eigenvalue weighted by Crippen LogP contribution is 1.92. The number of aromatic nitrogens is 2. The summed E-state index contributed by atoms with van der Waals surface area (Å²) in [4.78, 5) is 11.3. The highest BCUT2D eigenvalue weighted by Gasteiger charge is 2.06. The highest BCUT2D eigenvalue weighted by atomic mass is 16.1. The molecule has 3 N–H and O–H groups in total. The molecule has 5 nitrogen and oxygen atoms in total. The van der Waals surface area contributed by atoms with E-state index in [0.717, 1.165) is 6.42 Å². The van der Waals surface area contributed by atoms with Crippen LogP contribution in [0.25, 0.3) is 0 Å². The van der Waals surface area contributed by atoms with Crippen molar-refractivity contribution in [2.24, 2.45) is 5.73 Å². The number of amides is 1. The second-order valence-electron chi connectivity index (χ2n) is 3.49. The maximum absolute atomic E-state index is 11.3. The van der Waals surface area contributed by atoms with Gasteiger partial charge in [0.25, 0.3) is 0 Å². The molecule has 1 heterocycles. The predicted molar refractivity (Wildman–Crippen MR) is 58.1 cm³/mol. The van der Waals surface area contributed by atoms with Crippen molar-refractivity contribution in [3.8, 4) is 0 Å². The quantitative estimate of drug-likeness (QED) is 0.700. The number of carbonyl (C=O) groups excluding carboxylic acids is 1. The van der Waals surface area contributed by atoms with Crippen LogP contribution in [0.3, 0.4) is 0 Å². The van der Waals surface area contributed by atoms with E-state index in [-0.39, 0.29) is 11.9 Å². The molecule has 0 aliphatic carbocycles. The first-order valence-corrected chi connectivity index (χ1v) is 5.22. The predicted octanol–water partition coefficient (Wildman–Crippen LogP) is 0.127. The first-order chi connectivity index (χ1) is 7.22. The molecule has 5 heteroatoms. The van der Waals surface area contributed by atoms with E-state index in [0.29, 0.717) is 19.5 Å². The molecule has 84 valence electrons. The van der Waals surface area contributed by atoms with Crippen LogP contribution in [0, 0.1) is 0 Å². The summed E-state index contributed by atoms with van der Waals surface area (Å²) in [6.45, 7) is 3.26. The van der Waals surface area contributed by atoms with Crippen LogP contribution in [0.4, 0.5) is 0 Å². The van der Waals surface area contributed by atoms with Crippen LogP contribution < -0.4 is 11.1 Å². The van der Waals surface area contributed by atoms with E-state index >= 15 is 0 Å². The van der Waals surface area contributed by atoms with Gasteiger partial charge in [0.2, 0.25) is 5.91 Å². The van der Waals surface area contributed by atoms with Gasteiger partial charge in [-0.05, 0) is 12.5 Å². The Hall–Kier alpha value is -1.36. The van der Waals surface area contributed by atoms with Gasteiger partial charge < -0.3 is 11.1 Å². The van der Waals surface area contributed by atoms with E-state index in [1.54, 1.807) is 10.9 Å². The van der Waals surface area contributed by atoms with E-state index in [2.05, 4.69) is 10.4 Å². The van der Waals surface area contributed by atoms with Crippen molar-refractivity contribution in [2.45, 2.75) is 32.4 Å². The van der Waals surface area contributed by atoms with Crippen LogP contribution in [0.15, 0.2) is 18.5 Å². The maximum atomic E-state index is 11.3. The van der Waals surface area contributed by atoms with Crippen LogP contribution in [0.2, 0.25) is 0 Å². The zero-order chi connectivity index (χ0) is 11.1. The van der Waals surface area contributed by atoms with Crippen LogP contribution in [0.5, 0.6) is 0 Å². The van der Waals surface area contributed by atoms with Gasteiger partial charge in [-0.25, -0.2) is 0 Å². The number of hydrogen-bond donors (Lipinski definition) is 2. The summed E-state index contributed by atoms with van der Waals surface area (Å²) in [5.74, 6) is 0.0107. The molecule has 0 saturated heterocycles. The molecule has 1 rings (SSSR count). The minimum Gasteiger partial charge on any atom is -0.354 e. The molecule has 0 fully saturated rings. The van der Waals surface area contributed by atoms with Crippen molar-refractivity contribution >= 4 is 5.91 Å². The lowest BCUT2D eigenvalue weighted by atomic mass is 10.1. The van der Waals surface area contributed by atoms with Gasteiger partial charge in [0.05, 0.1) is 6.54 Å². The minimum absolute atomic E-state index is 0.0107. The number of carbonyl (C=O) groups is 1. The number of rotatable bonds is 6. The summed E-state index contributed by atoms with van der Waals surface area (Å²) in [5, 5.41) is 6.84. The summed E-state index contributed by atoms with van der Waals surface area (Å²) in [6, 6.07) is 1.82. The fourth-order valence-electron chi connectivity index (χ4n) is 1.20. The van der Waals surface area contributed by atoms with Gasteiger partial charge in [0, 0.05) is 31.4 Å². The molecule has 0 aliphatic heterocycles. The Balaban J connectivity index is 2.12. The minimum atomic E-state index is -0.0327. The molecule has 1 unspecified atom stereocenters. The van der Waals surface area contributed by atoms with Gasteiger partial charge in [-0.1, -0.05) is 6.92 Å². The number of nitrogens with zero attached hydrogens (tertiary/aromatic N) is 2. The van der Waals surface area contributed by atoms with Crippen molar-refractivity contribution in [3.63, 3.8) is 0 Å². The summed E-state index contributed by atoms with van der Waals surface area (Å²) < 4.78 is 1.78. The zero-order valence-corrected chi connectivity index (χ0v) is 9.02. The average molecular weight is 210 g/mol. The van der Waals surface area contributed by atoms with Crippen molar-refractivity contribution in [3.05, 3.63) is 18.5 Å². The summed E-state index contributed by atoms with van der Waals surface area (Å²) in [5.41, 5.74) is 5.66. The number of nitrogens with two attached hydrogens (primary N) is 1. The molecule has 1 aromatic rings. The third-order valence-corrected chi connectivity index (χ3v) is 2.19. The van der Waals surface area contributed by atoms with Gasteiger partial charge in [0.1, 0.15) is 0 Å². The standard InChI is InChI=1S/C10H18N4O/c1-2-9(11)8-10(15)12-5-7-14-6-3-4-13-14/h3-4,6,9H,2,5,7-8,11H2,1H3,(H,12,15). The largest absolute Gasteiger partial charge is 0.354 e. The summed E-state index contributed by atoms with van der Waals surface area (Å²) >= 11 is 0. The molecular weight excluding hydrogens is 192 g/mol. The van der Waals surface area contributed by atoms with Gasteiger partial charge in [-0.2, -0.15) is 5.10 Å². The fourth-order valence-corrected chi connectivity index (χ4v) is 1.20. The smallest absolute Gasteiger partial charge is 0.221 e. The molecule has 15 heavy (non-hydrogen) atoms. The second-order valence-corrected chi connectivity index (χ2v) is 3.49. The molecule has 1 atom stereocenters. The first-order valence-electron chi connectivity index (χ1n) is 5.22. The third kappa shape index (κ3) is 4.60. The lowest BCUT2D eigenvalue weighted by Gasteiger charge is -2.09. The Morgan fingerprint density at radius 2 is 2.47 bits per heavy atom. The molecule has 1 amide bonds. The molecule has 0 aromatic carbocycles. The molecule has 0 radical (unpaired) electrons. The van der Waals surface area contributed by atoms with Crippen molar-refractivity contribution < 1.29 is 4.79 Å². The van der Waals surface area contributed by atoms with Gasteiger partial charge in [-0.3, -0.25) is 9.48 Å². The van der Waals surface area contributed by atoms with Gasteiger partial charge in [-0.15, -0.1) is 0 Å². The fraction of sp³-hybridized carbons (Fsp3) is 0.600. The van der Waals surface area contributed by atoms with E-state index in [1.165, 1.54) is 0 Å². The van der Waals surface area contributed by atoms with E-state index < -0.39 is 0 Å². The second kappa shape index (κ2) is 6.19. The van der Waals surface area contributed by atoms with Crippen LogP contribution in [-0.4, -0.2) is 28.3 Å². The molecule has 0 aliphatic rings. The zero-order valence-electron chi connectivity index (χ0n) is 9.02. The van der Waals surface area contributed by atoms with Crippen LogP contribution >= 0.6 is 0 Å². The van der Waals surface area contributed by atoms with Crippen molar-refractivity contribution in [2.75, 3.05) is 6.54 Å². The molecule has 1 aromatic heterocycles. The van der Waals surface area contributed by atoms with E-state index in [4.69, 9.17) is 5.73 Å². The molecule has 0 saturated carbocycles. The lowest BCUT2D eigenvalue weighted by molar-refractivity contribution is -0.121. The van der Waals surface area contributed by atoms with E-state index in [9.17, 15) is 4.79 Å². The Kier molecular flexibility index (Phi) is 4.83. The number of nitrogens with one attached hydrogen (secondary N) is 1. The monoisotopic (exact) mass is 210 g/mol. The third-order valence-electron chi connectivity index (χ3n) is 2.19. The van der Waals surface area contributed by atoms with Crippen LogP contribution in [-0.2, 0) is 11.3 Å². The van der Waals surface area contributed by atoms with Gasteiger partial charge >= 0.3 is 0 Å². The maximum Gasteiger partial charge on any atom is 0.221 e. The Labute approximate surface area is 89.6 Å². The Bertz CT molecular complexity index is 284. The summed E-state index contributed by atoms with van der Waals surface area (Å²) in [6.07, 6.45) is 4.81. The molecule has 0 spiro atoms. The van der Waals surface area contributed by atoms with Crippen LogP contribution in [0.1, 0.15) is 19.8 Å². The number of hydrogen-bond acceptors (Lipinski definition) is 3. The molecule has 0 bridgehead atoms. The van der Waals surface area contributed by atoms with E-state index in [1.807, 2.05) is 19.2 Å². The first kappa shape index (κ1) is 11.7. The van der Waals surface area contributed by atoms with Crippen molar-refractivity contribution in [1.82, 2.24) is 15.1 Å². The molecular formula is C10H18N4O. The normalized spacial score (nSPS) is 12.4. The Morgan fingerprint density at radius 1 is 1.67 bits per heavy atom. The summed E-state index contributed by atoms with van der Waals surface area (Å²) in [7, 11) is 0.